The van der Waals surface area contributed by atoms with Crippen molar-refractivity contribution >= 4 is 23.4 Å². The topological polar surface area (TPSA) is 76.2 Å². The molecule has 0 unspecified atom stereocenters. The van der Waals surface area contributed by atoms with Crippen LogP contribution in [0.4, 0.5) is 5.69 Å². The van der Waals surface area contributed by atoms with E-state index < -0.39 is 5.66 Å². The number of benzene rings is 1. The van der Waals surface area contributed by atoms with E-state index in [2.05, 4.69) is 29.0 Å². The maximum atomic E-state index is 13.8. The Morgan fingerprint density at radius 1 is 1.16 bits per heavy atom. The Kier molecular flexibility index (Phi) is 5.45. The number of hydrogen-bond donors (Lipinski definition) is 1. The number of anilines is 1. The molecule has 2 atom stereocenters. The molecule has 0 radical (unpaired) electrons. The van der Waals surface area contributed by atoms with Crippen LogP contribution in [0.5, 0.6) is 0 Å². The van der Waals surface area contributed by atoms with E-state index in [-0.39, 0.29) is 36.2 Å². The second kappa shape index (κ2) is 8.15. The van der Waals surface area contributed by atoms with Crippen molar-refractivity contribution in [1.82, 2.24) is 20.0 Å². The molecule has 8 heteroatoms. The minimum atomic E-state index is -1.25. The molecule has 3 heterocycles. The lowest BCUT2D eigenvalue weighted by atomic mass is 9.95. The van der Waals surface area contributed by atoms with Crippen LogP contribution in [-0.2, 0) is 9.59 Å². The number of amides is 3. The molecule has 1 N–H and O–H groups in total. The average molecular weight is 440 g/mol. The number of likely N-dealkylation sites (N-methyl/N-ethyl adjacent to an activating group) is 1. The van der Waals surface area contributed by atoms with E-state index >= 15 is 0 Å². The Hall–Kier alpha value is -2.45. The second-order valence-electron chi connectivity index (χ2n) is 9.50. The normalized spacial score (nSPS) is 27.3. The van der Waals surface area contributed by atoms with Gasteiger partial charge in [-0.05, 0) is 38.4 Å². The first-order valence-electron chi connectivity index (χ1n) is 12.0. The summed E-state index contributed by atoms with van der Waals surface area (Å²) in [7, 11) is 0. The molecule has 0 spiro atoms. The maximum Gasteiger partial charge on any atom is 0.267 e. The van der Waals surface area contributed by atoms with Gasteiger partial charge in [0, 0.05) is 57.6 Å². The third kappa shape index (κ3) is 3.31. The first-order valence-corrected chi connectivity index (χ1v) is 12.0. The molecule has 8 nitrogen and oxygen atoms in total. The van der Waals surface area contributed by atoms with Crippen LogP contribution in [-0.4, -0.2) is 89.4 Å². The van der Waals surface area contributed by atoms with E-state index in [1.165, 1.54) is 0 Å². The third-order valence-corrected chi connectivity index (χ3v) is 7.61. The molecule has 3 fully saturated rings. The minimum Gasteiger partial charge on any atom is -0.351 e. The van der Waals surface area contributed by atoms with Crippen LogP contribution < -0.4 is 10.2 Å². The first kappa shape index (κ1) is 21.4. The minimum absolute atomic E-state index is 0.0227. The van der Waals surface area contributed by atoms with Crippen LogP contribution in [0.1, 0.15) is 49.9 Å². The summed E-state index contributed by atoms with van der Waals surface area (Å²) in [5.41, 5.74) is -0.166. The lowest BCUT2D eigenvalue weighted by Crippen LogP contribution is -2.71. The highest BCUT2D eigenvalue weighted by molar-refractivity contribution is 6.16. The van der Waals surface area contributed by atoms with E-state index in [0.717, 1.165) is 45.6 Å². The van der Waals surface area contributed by atoms with Crippen molar-refractivity contribution in [3.63, 3.8) is 0 Å². The Bertz CT molecular complexity index is 924. The molecular formula is C24H33N5O3. The van der Waals surface area contributed by atoms with Crippen LogP contribution in [0.15, 0.2) is 24.3 Å². The quantitative estimate of drug-likeness (QED) is 0.723. The van der Waals surface area contributed by atoms with Gasteiger partial charge < -0.3 is 15.1 Å². The molecule has 1 aromatic carbocycles. The van der Waals surface area contributed by atoms with E-state index in [1.54, 1.807) is 21.9 Å². The lowest BCUT2D eigenvalue weighted by molar-refractivity contribution is -0.134. The SMILES string of the molecule is CCN1CCN([C@H](C)CNC(=O)[C@]23CCC(=O)N2c2ccccc2C(=O)N3C2CC2)CC1. The fourth-order valence-corrected chi connectivity index (χ4v) is 5.58. The van der Waals surface area contributed by atoms with Crippen LogP contribution in [0.2, 0.25) is 0 Å². The molecule has 2 saturated heterocycles. The molecule has 5 rings (SSSR count). The molecule has 172 valence electrons. The summed E-state index contributed by atoms with van der Waals surface area (Å²) in [6.45, 7) is 9.95. The Morgan fingerprint density at radius 3 is 2.56 bits per heavy atom. The number of carbonyl (C=O) groups excluding carboxylic acids is 3. The summed E-state index contributed by atoms with van der Waals surface area (Å²) in [5.74, 6) is -0.445. The van der Waals surface area contributed by atoms with Crippen LogP contribution in [0.3, 0.4) is 0 Å². The van der Waals surface area contributed by atoms with Crippen LogP contribution >= 0.6 is 0 Å². The van der Waals surface area contributed by atoms with Crippen molar-refractivity contribution < 1.29 is 14.4 Å². The molecule has 0 bridgehead atoms. The fraction of sp³-hybridized carbons (Fsp3) is 0.625. The zero-order valence-electron chi connectivity index (χ0n) is 19.0. The molecule has 0 aromatic heterocycles. The summed E-state index contributed by atoms with van der Waals surface area (Å²) < 4.78 is 0. The lowest BCUT2D eigenvalue weighted by Gasteiger charge is -2.49. The first-order chi connectivity index (χ1) is 15.5. The number of para-hydroxylation sites is 1. The number of hydrogen-bond acceptors (Lipinski definition) is 5. The highest BCUT2D eigenvalue weighted by Crippen LogP contribution is 2.48. The summed E-state index contributed by atoms with van der Waals surface area (Å²) in [6.07, 6.45) is 2.37. The second-order valence-corrected chi connectivity index (χ2v) is 9.50. The Morgan fingerprint density at radius 2 is 1.88 bits per heavy atom. The van der Waals surface area contributed by atoms with Gasteiger partial charge in [0.05, 0.1) is 11.3 Å². The fourth-order valence-electron chi connectivity index (χ4n) is 5.58. The third-order valence-electron chi connectivity index (χ3n) is 7.61. The van der Waals surface area contributed by atoms with Gasteiger partial charge in [0.25, 0.3) is 11.8 Å². The molecule has 4 aliphatic rings. The number of fused-ring (bicyclic) bond motifs is 3. The monoisotopic (exact) mass is 439 g/mol. The van der Waals surface area contributed by atoms with Crippen molar-refractivity contribution in [2.45, 2.75) is 57.3 Å². The van der Waals surface area contributed by atoms with Gasteiger partial charge in [-0.3, -0.25) is 24.2 Å². The zero-order valence-corrected chi connectivity index (χ0v) is 19.0. The molecule has 3 amide bonds. The zero-order chi connectivity index (χ0) is 22.5. The van der Waals surface area contributed by atoms with Crippen LogP contribution in [0.25, 0.3) is 0 Å². The van der Waals surface area contributed by atoms with Crippen molar-refractivity contribution in [1.29, 1.82) is 0 Å². The molecule has 32 heavy (non-hydrogen) atoms. The summed E-state index contributed by atoms with van der Waals surface area (Å²) in [5, 5.41) is 3.14. The van der Waals surface area contributed by atoms with Crippen molar-refractivity contribution in [3.05, 3.63) is 29.8 Å². The van der Waals surface area contributed by atoms with Gasteiger partial charge in [0.15, 0.2) is 0 Å². The van der Waals surface area contributed by atoms with E-state index in [4.69, 9.17) is 0 Å². The maximum absolute atomic E-state index is 13.8. The van der Waals surface area contributed by atoms with Crippen molar-refractivity contribution in [3.8, 4) is 0 Å². The molecule has 3 aliphatic heterocycles. The Labute approximate surface area is 189 Å². The van der Waals surface area contributed by atoms with E-state index in [0.29, 0.717) is 24.2 Å². The van der Waals surface area contributed by atoms with Gasteiger partial charge in [0.2, 0.25) is 11.6 Å². The summed E-state index contributed by atoms with van der Waals surface area (Å²) >= 11 is 0. The largest absolute Gasteiger partial charge is 0.351 e. The molecular weight excluding hydrogens is 406 g/mol. The van der Waals surface area contributed by atoms with E-state index in [9.17, 15) is 14.4 Å². The van der Waals surface area contributed by atoms with Crippen LogP contribution in [0, 0.1) is 0 Å². The molecule has 1 aliphatic carbocycles. The summed E-state index contributed by atoms with van der Waals surface area (Å²) in [6, 6.07) is 7.41. The smallest absolute Gasteiger partial charge is 0.267 e. The van der Waals surface area contributed by atoms with Crippen molar-refractivity contribution in [2.24, 2.45) is 0 Å². The standard InChI is InChI=1S/C24H33N5O3/c1-3-26-12-14-27(15-13-26)17(2)16-25-23(32)24-11-10-21(30)29(24)20-7-5-4-6-19(20)22(31)28(24)18-8-9-18/h4-7,17-18H,3,8-16H2,1-2H3,(H,25,32)/t17-,24+/m1/s1. The molecule has 1 aromatic rings. The van der Waals surface area contributed by atoms with Gasteiger partial charge in [-0.15, -0.1) is 0 Å². The number of rotatable bonds is 6. The highest BCUT2D eigenvalue weighted by atomic mass is 16.2. The average Bonchev–Trinajstić information content (AvgIpc) is 3.59. The molecule has 1 saturated carbocycles. The van der Waals surface area contributed by atoms with Gasteiger partial charge in [-0.25, -0.2) is 0 Å². The van der Waals surface area contributed by atoms with Gasteiger partial charge in [0.1, 0.15) is 0 Å². The number of carbonyl (C=O) groups is 3. The Balaban J connectivity index is 1.39. The van der Waals surface area contributed by atoms with E-state index in [1.807, 2.05) is 12.1 Å². The van der Waals surface area contributed by atoms with Crippen molar-refractivity contribution in [2.75, 3.05) is 44.2 Å². The van der Waals surface area contributed by atoms with Gasteiger partial charge in [-0.2, -0.15) is 0 Å². The number of piperazine rings is 1. The predicted octanol–water partition coefficient (Wildman–Crippen LogP) is 1.27. The van der Waals surface area contributed by atoms with Gasteiger partial charge >= 0.3 is 0 Å². The predicted molar refractivity (Wildman–Crippen MR) is 121 cm³/mol. The highest BCUT2D eigenvalue weighted by Gasteiger charge is 2.63. The summed E-state index contributed by atoms with van der Waals surface area (Å²) in [4.78, 5) is 48.5. The number of nitrogens with zero attached hydrogens (tertiary/aromatic N) is 4. The number of nitrogens with one attached hydrogen (secondary N) is 1. The van der Waals surface area contributed by atoms with Gasteiger partial charge in [-0.1, -0.05) is 19.1 Å².